The first-order chi connectivity index (χ1) is 10.2. The Morgan fingerprint density at radius 1 is 1.24 bits per heavy atom. The third kappa shape index (κ3) is 4.02. The van der Waals surface area contributed by atoms with E-state index in [9.17, 15) is 4.79 Å². The highest BCUT2D eigenvalue weighted by atomic mass is 16.1. The Bertz CT molecular complexity index is 672. The molecule has 1 heterocycles. The summed E-state index contributed by atoms with van der Waals surface area (Å²) in [6.45, 7) is 1.88. The largest absolute Gasteiger partial charge is 0.345 e. The zero-order chi connectivity index (χ0) is 15.1. The number of nitrogens with zero attached hydrogens (tertiary/aromatic N) is 2. The molecule has 0 radical (unpaired) electrons. The highest BCUT2D eigenvalue weighted by Crippen LogP contribution is 2.12. The fraction of sp³-hybridized carbons (Fsp3) is 0.118. The molecule has 1 unspecified atom stereocenters. The molecule has 1 N–H and O–H groups in total. The summed E-state index contributed by atoms with van der Waals surface area (Å²) in [5.41, 5.74) is 1.61. The first-order valence-corrected chi connectivity index (χ1v) is 6.59. The molecule has 1 aromatic carbocycles. The molecule has 21 heavy (non-hydrogen) atoms. The molecule has 1 atom stereocenters. The van der Waals surface area contributed by atoms with Gasteiger partial charge in [-0.2, -0.15) is 5.26 Å². The van der Waals surface area contributed by atoms with Crippen LogP contribution >= 0.6 is 0 Å². The first kappa shape index (κ1) is 14.5. The molecule has 0 aliphatic carbocycles. The van der Waals surface area contributed by atoms with Crippen LogP contribution < -0.4 is 5.32 Å². The molecule has 4 heteroatoms. The van der Waals surface area contributed by atoms with Crippen molar-refractivity contribution in [2.24, 2.45) is 0 Å². The van der Waals surface area contributed by atoms with Crippen LogP contribution in [0.1, 0.15) is 24.2 Å². The number of rotatable bonds is 4. The monoisotopic (exact) mass is 277 g/mol. The molecule has 104 valence electrons. The van der Waals surface area contributed by atoms with Gasteiger partial charge in [-0.25, -0.2) is 0 Å². The van der Waals surface area contributed by atoms with E-state index in [0.717, 1.165) is 5.56 Å². The van der Waals surface area contributed by atoms with Crippen molar-refractivity contribution in [2.45, 2.75) is 13.0 Å². The van der Waals surface area contributed by atoms with Gasteiger partial charge in [0.1, 0.15) is 11.6 Å². The van der Waals surface area contributed by atoms with Crippen molar-refractivity contribution < 1.29 is 4.79 Å². The van der Waals surface area contributed by atoms with Crippen LogP contribution in [0.15, 0.2) is 60.3 Å². The van der Waals surface area contributed by atoms with Gasteiger partial charge < -0.3 is 5.32 Å². The second-order valence-corrected chi connectivity index (χ2v) is 4.53. The Balaban J connectivity index is 2.11. The number of nitrogens with one attached hydrogen (secondary N) is 1. The van der Waals surface area contributed by atoms with Crippen molar-refractivity contribution in [1.29, 1.82) is 5.26 Å². The maximum Gasteiger partial charge on any atom is 0.262 e. The van der Waals surface area contributed by atoms with Crippen molar-refractivity contribution in [2.75, 3.05) is 0 Å². The molecular formula is C17H15N3O. The maximum atomic E-state index is 12.1. The summed E-state index contributed by atoms with van der Waals surface area (Å²) >= 11 is 0. The summed E-state index contributed by atoms with van der Waals surface area (Å²) in [4.78, 5) is 16.2. The average molecular weight is 277 g/mol. The van der Waals surface area contributed by atoms with E-state index in [1.807, 2.05) is 43.3 Å². The minimum atomic E-state index is -0.403. The molecule has 1 aromatic heterocycles. The zero-order valence-corrected chi connectivity index (χ0v) is 11.7. The van der Waals surface area contributed by atoms with Gasteiger partial charge in [-0.3, -0.25) is 9.78 Å². The number of hydrogen-bond acceptors (Lipinski definition) is 3. The molecule has 0 saturated carbocycles. The topological polar surface area (TPSA) is 65.8 Å². The van der Waals surface area contributed by atoms with Crippen LogP contribution in [0.3, 0.4) is 0 Å². The standard InChI is InChI=1S/C17H15N3O/c1-13(14-7-3-2-4-8-14)20-17(21)15(12-18)11-16-9-5-6-10-19-16/h2-11,13H,1H3,(H,20,21). The molecule has 1 amide bonds. The molecule has 0 bridgehead atoms. The maximum absolute atomic E-state index is 12.1. The van der Waals surface area contributed by atoms with Gasteiger partial charge >= 0.3 is 0 Å². The predicted octanol–water partition coefficient (Wildman–Crippen LogP) is 2.87. The lowest BCUT2D eigenvalue weighted by atomic mass is 10.1. The van der Waals surface area contributed by atoms with Crippen molar-refractivity contribution in [1.82, 2.24) is 10.3 Å². The highest BCUT2D eigenvalue weighted by Gasteiger charge is 2.13. The van der Waals surface area contributed by atoms with E-state index in [-0.39, 0.29) is 11.6 Å². The summed E-state index contributed by atoms with van der Waals surface area (Å²) in [6, 6.07) is 16.7. The Hall–Kier alpha value is -2.93. The van der Waals surface area contributed by atoms with E-state index in [0.29, 0.717) is 5.69 Å². The number of aromatic nitrogens is 1. The minimum absolute atomic E-state index is 0.0384. The molecular weight excluding hydrogens is 262 g/mol. The van der Waals surface area contributed by atoms with Crippen molar-refractivity contribution in [3.05, 3.63) is 71.6 Å². The molecule has 4 nitrogen and oxygen atoms in total. The van der Waals surface area contributed by atoms with Gasteiger partial charge in [-0.05, 0) is 30.7 Å². The smallest absolute Gasteiger partial charge is 0.262 e. The number of hydrogen-bond donors (Lipinski definition) is 1. The van der Waals surface area contributed by atoms with Gasteiger partial charge in [0.05, 0.1) is 11.7 Å². The van der Waals surface area contributed by atoms with Crippen LogP contribution in [0.2, 0.25) is 0 Å². The number of amides is 1. The van der Waals surface area contributed by atoms with Gasteiger partial charge in [-0.15, -0.1) is 0 Å². The number of nitriles is 1. The van der Waals surface area contributed by atoms with Crippen LogP contribution in [0.4, 0.5) is 0 Å². The van der Waals surface area contributed by atoms with Crippen LogP contribution in [0, 0.1) is 11.3 Å². The molecule has 2 rings (SSSR count). The van der Waals surface area contributed by atoms with Gasteiger partial charge in [0, 0.05) is 6.20 Å². The van der Waals surface area contributed by atoms with E-state index in [1.54, 1.807) is 24.4 Å². The van der Waals surface area contributed by atoms with Gasteiger partial charge in [0.2, 0.25) is 0 Å². The summed E-state index contributed by atoms with van der Waals surface area (Å²) in [5, 5.41) is 11.9. The van der Waals surface area contributed by atoms with Crippen molar-refractivity contribution in [3.63, 3.8) is 0 Å². The van der Waals surface area contributed by atoms with E-state index in [4.69, 9.17) is 5.26 Å². The van der Waals surface area contributed by atoms with E-state index in [1.165, 1.54) is 6.08 Å². The lowest BCUT2D eigenvalue weighted by molar-refractivity contribution is -0.117. The Kier molecular flexibility index (Phi) is 4.84. The Labute approximate surface area is 123 Å². The van der Waals surface area contributed by atoms with E-state index >= 15 is 0 Å². The summed E-state index contributed by atoms with van der Waals surface area (Å²) in [5.74, 6) is -0.403. The highest BCUT2D eigenvalue weighted by molar-refractivity contribution is 6.01. The van der Waals surface area contributed by atoms with E-state index < -0.39 is 5.91 Å². The van der Waals surface area contributed by atoms with Crippen LogP contribution in [-0.4, -0.2) is 10.9 Å². The minimum Gasteiger partial charge on any atom is -0.345 e. The predicted molar refractivity (Wildman–Crippen MR) is 80.8 cm³/mol. The first-order valence-electron chi connectivity index (χ1n) is 6.59. The Morgan fingerprint density at radius 2 is 1.95 bits per heavy atom. The fourth-order valence-corrected chi connectivity index (χ4v) is 1.86. The average Bonchev–Trinajstić information content (AvgIpc) is 2.54. The van der Waals surface area contributed by atoms with Crippen molar-refractivity contribution in [3.8, 4) is 6.07 Å². The molecule has 0 aliphatic rings. The van der Waals surface area contributed by atoms with Crippen molar-refractivity contribution >= 4 is 12.0 Å². The van der Waals surface area contributed by atoms with Gasteiger partial charge in [0.25, 0.3) is 5.91 Å². The van der Waals surface area contributed by atoms with Crippen LogP contribution in [0.5, 0.6) is 0 Å². The molecule has 2 aromatic rings. The van der Waals surface area contributed by atoms with Gasteiger partial charge in [-0.1, -0.05) is 36.4 Å². The third-order valence-corrected chi connectivity index (χ3v) is 2.99. The lowest BCUT2D eigenvalue weighted by Gasteiger charge is -2.13. The number of carbonyl (C=O) groups excluding carboxylic acids is 1. The second-order valence-electron chi connectivity index (χ2n) is 4.53. The summed E-state index contributed by atoms with van der Waals surface area (Å²) in [6.07, 6.45) is 3.10. The van der Waals surface area contributed by atoms with Crippen LogP contribution in [0.25, 0.3) is 6.08 Å². The molecule has 0 spiro atoms. The normalized spacial score (nSPS) is 12.3. The lowest BCUT2D eigenvalue weighted by Crippen LogP contribution is -2.27. The molecule has 0 aliphatic heterocycles. The second kappa shape index (κ2) is 7.01. The number of carbonyl (C=O) groups is 1. The van der Waals surface area contributed by atoms with E-state index in [2.05, 4.69) is 10.3 Å². The summed E-state index contributed by atoms with van der Waals surface area (Å²) in [7, 11) is 0. The number of benzene rings is 1. The zero-order valence-electron chi connectivity index (χ0n) is 11.7. The number of pyridine rings is 1. The molecule has 0 saturated heterocycles. The fourth-order valence-electron chi connectivity index (χ4n) is 1.86. The quantitative estimate of drug-likeness (QED) is 0.690. The molecule has 0 fully saturated rings. The third-order valence-electron chi connectivity index (χ3n) is 2.99. The van der Waals surface area contributed by atoms with Gasteiger partial charge in [0.15, 0.2) is 0 Å². The Morgan fingerprint density at radius 3 is 2.57 bits per heavy atom. The SMILES string of the molecule is CC(NC(=O)C(C#N)=Cc1ccccn1)c1ccccc1. The summed E-state index contributed by atoms with van der Waals surface area (Å²) < 4.78 is 0. The van der Waals surface area contributed by atoms with Crippen LogP contribution in [-0.2, 0) is 4.79 Å².